The Bertz CT molecular complexity index is 530. The predicted octanol–water partition coefficient (Wildman–Crippen LogP) is 4.27. The number of rotatable bonds is 9. The lowest BCUT2D eigenvalue weighted by Crippen LogP contribution is -2.35. The highest BCUT2D eigenvalue weighted by Crippen LogP contribution is 2.31. The highest BCUT2D eigenvalue weighted by Gasteiger charge is 2.23. The van der Waals surface area contributed by atoms with Crippen molar-refractivity contribution in [1.82, 2.24) is 15.5 Å². The third-order valence-corrected chi connectivity index (χ3v) is 4.92. The standard InChI is InChI=1S/C19H33N3O3/c1-19(2,3)20-13-16-21-18(25-22-16)15(12-17(23)24)11-7-10-14-8-5-4-6-9-14/h14-15,20H,4-13H2,1-3H3,(H,23,24)/t15-/m1/s1. The summed E-state index contributed by atoms with van der Waals surface area (Å²) in [5.41, 5.74) is -0.0265. The van der Waals surface area contributed by atoms with Crippen molar-refractivity contribution in [3.8, 4) is 0 Å². The van der Waals surface area contributed by atoms with Crippen molar-refractivity contribution in [2.75, 3.05) is 0 Å². The van der Waals surface area contributed by atoms with Gasteiger partial charge in [-0.25, -0.2) is 0 Å². The third kappa shape index (κ3) is 7.55. The molecule has 0 unspecified atom stereocenters. The van der Waals surface area contributed by atoms with Gasteiger partial charge in [-0.05, 0) is 33.1 Å². The Morgan fingerprint density at radius 3 is 2.68 bits per heavy atom. The van der Waals surface area contributed by atoms with Crippen molar-refractivity contribution >= 4 is 5.97 Å². The molecule has 2 rings (SSSR count). The Hall–Kier alpha value is -1.43. The first-order valence-electron chi connectivity index (χ1n) is 9.63. The first kappa shape index (κ1) is 19.9. The fraction of sp³-hybridized carbons (Fsp3) is 0.842. The molecule has 0 bridgehead atoms. The Morgan fingerprint density at radius 1 is 1.32 bits per heavy atom. The summed E-state index contributed by atoms with van der Waals surface area (Å²) in [5.74, 6) is 0.880. The molecule has 0 amide bonds. The van der Waals surface area contributed by atoms with E-state index < -0.39 is 5.97 Å². The first-order valence-corrected chi connectivity index (χ1v) is 9.63. The maximum Gasteiger partial charge on any atom is 0.304 e. The molecule has 0 radical (unpaired) electrons. The zero-order valence-electron chi connectivity index (χ0n) is 15.9. The van der Waals surface area contributed by atoms with E-state index in [1.54, 1.807) is 0 Å². The van der Waals surface area contributed by atoms with Crippen LogP contribution in [-0.4, -0.2) is 26.8 Å². The molecule has 0 saturated heterocycles. The van der Waals surface area contributed by atoms with Gasteiger partial charge < -0.3 is 14.9 Å². The number of aliphatic carboxylic acids is 1. The summed E-state index contributed by atoms with van der Waals surface area (Å²) in [6.45, 7) is 6.75. The Balaban J connectivity index is 1.87. The minimum absolute atomic E-state index is 0.0265. The van der Waals surface area contributed by atoms with E-state index in [9.17, 15) is 9.90 Å². The number of carboxylic acids is 1. The van der Waals surface area contributed by atoms with Crippen LogP contribution in [0, 0.1) is 5.92 Å². The van der Waals surface area contributed by atoms with Gasteiger partial charge in [0.15, 0.2) is 5.82 Å². The maximum absolute atomic E-state index is 11.2. The van der Waals surface area contributed by atoms with E-state index in [-0.39, 0.29) is 17.9 Å². The third-order valence-electron chi connectivity index (χ3n) is 4.92. The van der Waals surface area contributed by atoms with Gasteiger partial charge in [-0.3, -0.25) is 4.79 Å². The van der Waals surface area contributed by atoms with Crippen LogP contribution >= 0.6 is 0 Å². The van der Waals surface area contributed by atoms with Crippen molar-refractivity contribution in [2.45, 2.75) is 96.6 Å². The highest BCUT2D eigenvalue weighted by molar-refractivity contribution is 5.67. The molecule has 0 spiro atoms. The molecule has 0 aromatic carbocycles. The summed E-state index contributed by atoms with van der Waals surface area (Å²) in [4.78, 5) is 15.6. The summed E-state index contributed by atoms with van der Waals surface area (Å²) in [7, 11) is 0. The summed E-state index contributed by atoms with van der Waals surface area (Å²) in [6, 6.07) is 0. The van der Waals surface area contributed by atoms with Crippen LogP contribution in [-0.2, 0) is 11.3 Å². The van der Waals surface area contributed by atoms with Gasteiger partial charge in [-0.1, -0.05) is 50.1 Å². The van der Waals surface area contributed by atoms with Gasteiger partial charge in [0.05, 0.1) is 13.0 Å². The quantitative estimate of drug-likeness (QED) is 0.691. The molecule has 1 fully saturated rings. The molecule has 1 saturated carbocycles. The van der Waals surface area contributed by atoms with E-state index in [4.69, 9.17) is 4.52 Å². The summed E-state index contributed by atoms with van der Waals surface area (Å²) < 4.78 is 5.37. The van der Waals surface area contributed by atoms with Gasteiger partial charge in [-0.2, -0.15) is 4.98 Å². The van der Waals surface area contributed by atoms with Gasteiger partial charge >= 0.3 is 5.97 Å². The molecule has 25 heavy (non-hydrogen) atoms. The van der Waals surface area contributed by atoms with Gasteiger partial charge in [0.2, 0.25) is 5.89 Å². The molecule has 1 atom stereocenters. The molecule has 1 aromatic heterocycles. The molecule has 1 aromatic rings. The van der Waals surface area contributed by atoms with E-state index in [2.05, 4.69) is 36.2 Å². The van der Waals surface area contributed by atoms with Crippen LogP contribution in [0.4, 0.5) is 0 Å². The minimum atomic E-state index is -0.810. The SMILES string of the molecule is CC(C)(C)NCc1noc([C@H](CCCC2CCCCC2)CC(=O)O)n1. The molecular weight excluding hydrogens is 318 g/mol. The number of aromatic nitrogens is 2. The molecule has 1 aliphatic rings. The van der Waals surface area contributed by atoms with E-state index in [1.807, 2.05) is 0 Å². The second kappa shape index (κ2) is 9.32. The minimum Gasteiger partial charge on any atom is -0.481 e. The molecule has 1 heterocycles. The van der Waals surface area contributed by atoms with Gasteiger partial charge in [0, 0.05) is 11.5 Å². The Kier molecular flexibility index (Phi) is 7.41. The van der Waals surface area contributed by atoms with E-state index >= 15 is 0 Å². The normalized spacial score (nSPS) is 17.6. The van der Waals surface area contributed by atoms with Crippen molar-refractivity contribution in [2.24, 2.45) is 5.92 Å². The van der Waals surface area contributed by atoms with Crippen molar-refractivity contribution in [3.63, 3.8) is 0 Å². The van der Waals surface area contributed by atoms with Crippen LogP contribution < -0.4 is 5.32 Å². The van der Waals surface area contributed by atoms with Crippen molar-refractivity contribution < 1.29 is 14.4 Å². The number of nitrogens with one attached hydrogen (secondary N) is 1. The van der Waals surface area contributed by atoms with Crippen LogP contribution in [0.25, 0.3) is 0 Å². The molecule has 1 aliphatic carbocycles. The predicted molar refractivity (Wildman–Crippen MR) is 96.3 cm³/mol. The molecule has 6 nitrogen and oxygen atoms in total. The number of hydrogen-bond donors (Lipinski definition) is 2. The van der Waals surface area contributed by atoms with Gasteiger partial charge in [0.1, 0.15) is 0 Å². The van der Waals surface area contributed by atoms with E-state index in [0.717, 1.165) is 18.8 Å². The van der Waals surface area contributed by atoms with E-state index in [1.165, 1.54) is 38.5 Å². The van der Waals surface area contributed by atoms with Crippen LogP contribution in [0.5, 0.6) is 0 Å². The van der Waals surface area contributed by atoms with Crippen molar-refractivity contribution in [3.05, 3.63) is 11.7 Å². The fourth-order valence-electron chi connectivity index (χ4n) is 3.50. The average molecular weight is 351 g/mol. The monoisotopic (exact) mass is 351 g/mol. The van der Waals surface area contributed by atoms with Crippen LogP contribution in [0.15, 0.2) is 4.52 Å². The van der Waals surface area contributed by atoms with Crippen molar-refractivity contribution in [1.29, 1.82) is 0 Å². The zero-order chi connectivity index (χ0) is 18.3. The second-order valence-electron chi connectivity index (χ2n) is 8.38. The topological polar surface area (TPSA) is 88.2 Å². The maximum atomic E-state index is 11.2. The number of nitrogens with zero attached hydrogens (tertiary/aromatic N) is 2. The molecule has 6 heteroatoms. The molecule has 142 valence electrons. The summed E-state index contributed by atoms with van der Waals surface area (Å²) >= 11 is 0. The Morgan fingerprint density at radius 2 is 2.04 bits per heavy atom. The van der Waals surface area contributed by atoms with Crippen LogP contribution in [0.1, 0.15) is 96.2 Å². The smallest absolute Gasteiger partial charge is 0.304 e. The zero-order valence-corrected chi connectivity index (χ0v) is 15.9. The van der Waals surface area contributed by atoms with E-state index in [0.29, 0.717) is 18.3 Å². The average Bonchev–Trinajstić information content (AvgIpc) is 3.01. The fourth-order valence-corrected chi connectivity index (χ4v) is 3.50. The lowest BCUT2D eigenvalue weighted by atomic mass is 9.84. The Labute approximate surface area is 150 Å². The molecule has 2 N–H and O–H groups in total. The molecular formula is C19H33N3O3. The van der Waals surface area contributed by atoms with Gasteiger partial charge in [0.25, 0.3) is 0 Å². The first-order chi connectivity index (χ1) is 11.8. The lowest BCUT2D eigenvalue weighted by Gasteiger charge is -2.21. The van der Waals surface area contributed by atoms with Crippen LogP contribution in [0.3, 0.4) is 0 Å². The lowest BCUT2D eigenvalue weighted by molar-refractivity contribution is -0.137. The number of carboxylic acid groups (broad SMARTS) is 1. The molecule has 0 aliphatic heterocycles. The largest absolute Gasteiger partial charge is 0.481 e. The second-order valence-corrected chi connectivity index (χ2v) is 8.38. The summed E-state index contributed by atoms with van der Waals surface area (Å²) in [6.07, 6.45) is 9.78. The summed E-state index contributed by atoms with van der Waals surface area (Å²) in [5, 5.41) is 16.5. The van der Waals surface area contributed by atoms with Gasteiger partial charge in [-0.15, -0.1) is 0 Å². The number of hydrogen-bond acceptors (Lipinski definition) is 5. The van der Waals surface area contributed by atoms with Crippen LogP contribution in [0.2, 0.25) is 0 Å². The highest BCUT2D eigenvalue weighted by atomic mass is 16.5. The number of carbonyl (C=O) groups is 1.